The topological polar surface area (TPSA) is 75.6 Å². The Balaban J connectivity index is 2.29. The highest BCUT2D eigenvalue weighted by atomic mass is 79.9. The molecule has 2 aromatic rings. The molecule has 2 N–H and O–H groups in total. The van der Waals surface area contributed by atoms with Gasteiger partial charge in [0.05, 0.1) is 6.20 Å². The SMILES string of the molecule is N#Cc1cnc(Cc2ccccc2Br)nc1N. The summed E-state index contributed by atoms with van der Waals surface area (Å²) in [5.74, 6) is 0.831. The molecule has 4 nitrogen and oxygen atoms in total. The molecule has 84 valence electrons. The van der Waals surface area contributed by atoms with E-state index >= 15 is 0 Å². The van der Waals surface area contributed by atoms with Crippen LogP contribution in [-0.2, 0) is 6.42 Å². The van der Waals surface area contributed by atoms with Crippen molar-refractivity contribution in [1.82, 2.24) is 9.97 Å². The van der Waals surface area contributed by atoms with Gasteiger partial charge in [-0.2, -0.15) is 5.26 Å². The molecule has 2 rings (SSSR count). The maximum absolute atomic E-state index is 8.73. The molecule has 0 aliphatic heterocycles. The Morgan fingerprint density at radius 2 is 2.12 bits per heavy atom. The predicted molar refractivity (Wildman–Crippen MR) is 68.1 cm³/mol. The molecule has 5 heteroatoms. The van der Waals surface area contributed by atoms with Gasteiger partial charge in [0.25, 0.3) is 0 Å². The number of nitrogen functional groups attached to an aromatic ring is 1. The molecule has 0 saturated heterocycles. The van der Waals surface area contributed by atoms with E-state index in [9.17, 15) is 0 Å². The van der Waals surface area contributed by atoms with Crippen molar-refractivity contribution in [3.05, 3.63) is 51.9 Å². The lowest BCUT2D eigenvalue weighted by atomic mass is 10.1. The number of halogens is 1. The van der Waals surface area contributed by atoms with Crippen molar-refractivity contribution in [2.75, 3.05) is 5.73 Å². The van der Waals surface area contributed by atoms with Crippen molar-refractivity contribution < 1.29 is 0 Å². The lowest BCUT2D eigenvalue weighted by molar-refractivity contribution is 0.966. The Bertz CT molecular complexity index is 589. The number of nitrogens with two attached hydrogens (primary N) is 1. The zero-order valence-electron chi connectivity index (χ0n) is 8.89. The first-order valence-electron chi connectivity index (χ1n) is 4.95. The van der Waals surface area contributed by atoms with Crippen LogP contribution in [0.5, 0.6) is 0 Å². The van der Waals surface area contributed by atoms with Crippen LogP contribution in [0.2, 0.25) is 0 Å². The first-order chi connectivity index (χ1) is 8.20. The van der Waals surface area contributed by atoms with Gasteiger partial charge in [0.15, 0.2) is 0 Å². The largest absolute Gasteiger partial charge is 0.382 e. The molecule has 1 heterocycles. The van der Waals surface area contributed by atoms with Crippen molar-refractivity contribution in [3.63, 3.8) is 0 Å². The summed E-state index contributed by atoms with van der Waals surface area (Å²) in [5, 5.41) is 8.73. The number of anilines is 1. The third-order valence-electron chi connectivity index (χ3n) is 2.29. The van der Waals surface area contributed by atoms with Crippen molar-refractivity contribution in [3.8, 4) is 6.07 Å². The van der Waals surface area contributed by atoms with Gasteiger partial charge in [-0.1, -0.05) is 34.1 Å². The van der Waals surface area contributed by atoms with Crippen molar-refractivity contribution in [1.29, 1.82) is 5.26 Å². The quantitative estimate of drug-likeness (QED) is 0.920. The Morgan fingerprint density at radius 3 is 2.76 bits per heavy atom. The summed E-state index contributed by atoms with van der Waals surface area (Å²) >= 11 is 3.46. The van der Waals surface area contributed by atoms with Crippen LogP contribution in [0.25, 0.3) is 0 Å². The number of nitriles is 1. The highest BCUT2D eigenvalue weighted by Gasteiger charge is 2.06. The normalized spacial score (nSPS) is 9.88. The smallest absolute Gasteiger partial charge is 0.145 e. The van der Waals surface area contributed by atoms with Gasteiger partial charge < -0.3 is 5.73 Å². The van der Waals surface area contributed by atoms with Gasteiger partial charge in [-0.25, -0.2) is 9.97 Å². The van der Waals surface area contributed by atoms with Crippen LogP contribution < -0.4 is 5.73 Å². The van der Waals surface area contributed by atoms with E-state index in [1.165, 1.54) is 6.20 Å². The number of benzene rings is 1. The molecular formula is C12H9BrN4. The van der Waals surface area contributed by atoms with Crippen LogP contribution in [0.3, 0.4) is 0 Å². The van der Waals surface area contributed by atoms with Crippen LogP contribution >= 0.6 is 15.9 Å². The molecule has 0 aliphatic rings. The van der Waals surface area contributed by atoms with Gasteiger partial charge in [-0.05, 0) is 11.6 Å². The van der Waals surface area contributed by atoms with Crippen molar-refractivity contribution >= 4 is 21.7 Å². The fourth-order valence-corrected chi connectivity index (χ4v) is 1.84. The molecular weight excluding hydrogens is 280 g/mol. The minimum atomic E-state index is 0.226. The number of hydrogen-bond donors (Lipinski definition) is 1. The molecule has 0 bridgehead atoms. The third kappa shape index (κ3) is 2.60. The third-order valence-corrected chi connectivity index (χ3v) is 3.07. The predicted octanol–water partition coefficient (Wildman–Crippen LogP) is 2.28. The van der Waals surface area contributed by atoms with E-state index < -0.39 is 0 Å². The Labute approximate surface area is 107 Å². The van der Waals surface area contributed by atoms with E-state index in [1.54, 1.807) is 0 Å². The molecule has 0 atom stereocenters. The average molecular weight is 289 g/mol. The molecule has 1 aromatic heterocycles. The van der Waals surface area contributed by atoms with E-state index in [0.717, 1.165) is 10.0 Å². The van der Waals surface area contributed by atoms with Crippen LogP contribution in [-0.4, -0.2) is 9.97 Å². The Morgan fingerprint density at radius 1 is 1.35 bits per heavy atom. The second-order valence-electron chi connectivity index (χ2n) is 3.47. The van der Waals surface area contributed by atoms with E-state index in [-0.39, 0.29) is 5.82 Å². The monoisotopic (exact) mass is 288 g/mol. The summed E-state index contributed by atoms with van der Waals surface area (Å²) in [6.07, 6.45) is 2.03. The fraction of sp³-hybridized carbons (Fsp3) is 0.0833. The van der Waals surface area contributed by atoms with Crippen molar-refractivity contribution in [2.24, 2.45) is 0 Å². The number of nitrogens with zero attached hydrogens (tertiary/aromatic N) is 3. The first kappa shape index (κ1) is 11.6. The maximum atomic E-state index is 8.73. The van der Waals surface area contributed by atoms with Gasteiger partial charge in [-0.15, -0.1) is 0 Å². The van der Waals surface area contributed by atoms with E-state index in [1.807, 2.05) is 30.3 Å². The summed E-state index contributed by atoms with van der Waals surface area (Å²) in [6, 6.07) is 9.78. The minimum absolute atomic E-state index is 0.226. The number of rotatable bonds is 2. The fourth-order valence-electron chi connectivity index (χ4n) is 1.42. The number of hydrogen-bond acceptors (Lipinski definition) is 4. The molecule has 0 saturated carbocycles. The lowest BCUT2D eigenvalue weighted by Crippen LogP contribution is -2.03. The average Bonchev–Trinajstić information content (AvgIpc) is 2.32. The molecule has 0 spiro atoms. The zero-order valence-corrected chi connectivity index (χ0v) is 10.5. The summed E-state index contributed by atoms with van der Waals surface area (Å²) in [5.41, 5.74) is 7.02. The highest BCUT2D eigenvalue weighted by Crippen LogP contribution is 2.18. The molecule has 0 radical (unpaired) electrons. The van der Waals surface area contributed by atoms with Crippen LogP contribution in [0, 0.1) is 11.3 Å². The van der Waals surface area contributed by atoms with Gasteiger partial charge in [0.1, 0.15) is 23.3 Å². The van der Waals surface area contributed by atoms with E-state index in [2.05, 4.69) is 25.9 Å². The molecule has 0 fully saturated rings. The number of aromatic nitrogens is 2. The highest BCUT2D eigenvalue weighted by molar-refractivity contribution is 9.10. The molecule has 17 heavy (non-hydrogen) atoms. The minimum Gasteiger partial charge on any atom is -0.382 e. The van der Waals surface area contributed by atoms with Crippen LogP contribution in [0.4, 0.5) is 5.82 Å². The lowest BCUT2D eigenvalue weighted by Gasteiger charge is -2.04. The van der Waals surface area contributed by atoms with Crippen LogP contribution in [0.1, 0.15) is 17.0 Å². The van der Waals surface area contributed by atoms with Gasteiger partial charge in [-0.3, -0.25) is 0 Å². The second-order valence-corrected chi connectivity index (χ2v) is 4.32. The first-order valence-corrected chi connectivity index (χ1v) is 5.75. The Kier molecular flexibility index (Phi) is 3.35. The van der Waals surface area contributed by atoms with Crippen LogP contribution in [0.15, 0.2) is 34.9 Å². The standard InChI is InChI=1S/C12H9BrN4/c13-10-4-2-1-3-8(10)5-11-16-7-9(6-14)12(15)17-11/h1-4,7H,5H2,(H2,15,16,17). The molecule has 0 unspecified atom stereocenters. The van der Waals surface area contributed by atoms with Gasteiger partial charge in [0.2, 0.25) is 0 Å². The summed E-state index contributed by atoms with van der Waals surface area (Å²) in [6.45, 7) is 0. The molecule has 0 amide bonds. The maximum Gasteiger partial charge on any atom is 0.145 e. The molecule has 0 aliphatic carbocycles. The summed E-state index contributed by atoms with van der Waals surface area (Å²) < 4.78 is 1.01. The van der Waals surface area contributed by atoms with E-state index in [0.29, 0.717) is 17.8 Å². The Hall–Kier alpha value is -1.93. The summed E-state index contributed by atoms with van der Waals surface area (Å²) in [4.78, 5) is 8.22. The van der Waals surface area contributed by atoms with Gasteiger partial charge in [0, 0.05) is 10.9 Å². The zero-order chi connectivity index (χ0) is 12.3. The second kappa shape index (κ2) is 4.93. The van der Waals surface area contributed by atoms with Crippen molar-refractivity contribution in [2.45, 2.75) is 6.42 Å². The summed E-state index contributed by atoms with van der Waals surface area (Å²) in [7, 11) is 0. The molecule has 1 aromatic carbocycles. The van der Waals surface area contributed by atoms with E-state index in [4.69, 9.17) is 11.0 Å². The van der Waals surface area contributed by atoms with Gasteiger partial charge >= 0.3 is 0 Å².